The van der Waals surface area contributed by atoms with E-state index in [1.165, 1.54) is 6.42 Å². The van der Waals surface area contributed by atoms with E-state index >= 15 is 0 Å². The fraction of sp³-hybridized carbons (Fsp3) is 0.588. The molecule has 0 aliphatic rings. The maximum absolute atomic E-state index is 8.72. The van der Waals surface area contributed by atoms with Crippen molar-refractivity contribution in [1.82, 2.24) is 0 Å². The molecule has 0 aliphatic heterocycles. The van der Waals surface area contributed by atoms with Gasteiger partial charge in [0.05, 0.1) is 0 Å². The van der Waals surface area contributed by atoms with E-state index in [0.29, 0.717) is 25.2 Å². The molecule has 4 heteroatoms. The van der Waals surface area contributed by atoms with Gasteiger partial charge in [0, 0.05) is 36.7 Å². The summed E-state index contributed by atoms with van der Waals surface area (Å²) < 4.78 is 0. The molecule has 0 spiro atoms. The van der Waals surface area contributed by atoms with Gasteiger partial charge in [-0.15, -0.1) is 0 Å². The van der Waals surface area contributed by atoms with Gasteiger partial charge in [-0.3, -0.25) is 0 Å². The maximum atomic E-state index is 8.72. The molecule has 0 heterocycles. The molecule has 122 valence electrons. The lowest BCUT2D eigenvalue weighted by Crippen LogP contribution is -2.09. The first kappa shape index (κ1) is 21.9. The van der Waals surface area contributed by atoms with Crippen molar-refractivity contribution in [2.45, 2.75) is 54.0 Å². The van der Waals surface area contributed by atoms with Crippen molar-refractivity contribution in [2.75, 3.05) is 18.5 Å². The lowest BCUT2D eigenvalue weighted by atomic mass is 10.1. The SMILES string of the molecule is CC.CC(=N)c1ccc(CN)cc1NCCCO.CCC. The molecule has 0 fully saturated rings. The third-order valence-corrected chi connectivity index (χ3v) is 2.37. The highest BCUT2D eigenvalue weighted by Gasteiger charge is 2.04. The summed E-state index contributed by atoms with van der Waals surface area (Å²) in [5.41, 5.74) is 8.94. The predicted octanol–water partition coefficient (Wildman–Crippen LogP) is 3.77. The molecule has 1 aromatic carbocycles. The Kier molecular flexibility index (Phi) is 15.7. The van der Waals surface area contributed by atoms with Gasteiger partial charge < -0.3 is 21.6 Å². The van der Waals surface area contributed by atoms with Crippen molar-refractivity contribution in [3.63, 3.8) is 0 Å². The van der Waals surface area contributed by atoms with Crippen molar-refractivity contribution in [1.29, 1.82) is 5.41 Å². The monoisotopic (exact) mass is 295 g/mol. The number of rotatable bonds is 6. The molecule has 5 N–H and O–H groups in total. The fourth-order valence-corrected chi connectivity index (χ4v) is 1.49. The Hall–Kier alpha value is -1.39. The topological polar surface area (TPSA) is 82.1 Å². The summed E-state index contributed by atoms with van der Waals surface area (Å²) in [5, 5.41) is 19.6. The highest BCUT2D eigenvalue weighted by Crippen LogP contribution is 2.18. The van der Waals surface area contributed by atoms with Crippen LogP contribution in [0.25, 0.3) is 0 Å². The van der Waals surface area contributed by atoms with Gasteiger partial charge in [0.2, 0.25) is 0 Å². The molecular weight excluding hydrogens is 262 g/mol. The summed E-state index contributed by atoms with van der Waals surface area (Å²) in [4.78, 5) is 0. The number of hydrogen-bond donors (Lipinski definition) is 4. The summed E-state index contributed by atoms with van der Waals surface area (Å²) in [7, 11) is 0. The van der Waals surface area contributed by atoms with Gasteiger partial charge in [0.15, 0.2) is 0 Å². The van der Waals surface area contributed by atoms with Crippen molar-refractivity contribution < 1.29 is 5.11 Å². The van der Waals surface area contributed by atoms with Gasteiger partial charge in [0.1, 0.15) is 0 Å². The molecule has 21 heavy (non-hydrogen) atoms. The average molecular weight is 295 g/mol. The molecule has 1 aromatic rings. The van der Waals surface area contributed by atoms with E-state index in [1.807, 2.05) is 32.0 Å². The van der Waals surface area contributed by atoms with Crippen LogP contribution >= 0.6 is 0 Å². The lowest BCUT2D eigenvalue weighted by Gasteiger charge is -2.12. The molecule has 0 aromatic heterocycles. The van der Waals surface area contributed by atoms with Gasteiger partial charge in [-0.1, -0.05) is 46.2 Å². The van der Waals surface area contributed by atoms with E-state index in [2.05, 4.69) is 19.2 Å². The Morgan fingerprint density at radius 3 is 2.29 bits per heavy atom. The summed E-state index contributed by atoms with van der Waals surface area (Å²) >= 11 is 0. The Bertz CT molecular complexity index is 378. The molecule has 0 saturated heterocycles. The quantitative estimate of drug-likeness (QED) is 0.476. The summed E-state index contributed by atoms with van der Waals surface area (Å²) in [6, 6.07) is 5.81. The zero-order valence-corrected chi connectivity index (χ0v) is 14.3. The van der Waals surface area contributed by atoms with Gasteiger partial charge >= 0.3 is 0 Å². The Morgan fingerprint density at radius 1 is 1.29 bits per heavy atom. The van der Waals surface area contributed by atoms with E-state index in [9.17, 15) is 0 Å². The molecule has 1 rings (SSSR count). The van der Waals surface area contributed by atoms with Crippen LogP contribution < -0.4 is 11.1 Å². The van der Waals surface area contributed by atoms with Crippen LogP contribution in [-0.2, 0) is 6.54 Å². The third-order valence-electron chi connectivity index (χ3n) is 2.37. The minimum atomic E-state index is 0.169. The second-order valence-electron chi connectivity index (χ2n) is 4.42. The standard InChI is InChI=1S/C12H19N3O.C3H8.C2H6/c1-9(14)11-4-3-10(8-13)7-12(11)15-5-2-6-16;1-3-2;1-2/h3-4,7,14-16H,2,5-6,8,13H2,1H3;3H2,1-2H3;1-2H3. The number of aliphatic hydroxyl groups excluding tert-OH is 1. The third kappa shape index (κ3) is 10.0. The molecule has 0 aliphatic carbocycles. The van der Waals surface area contributed by atoms with Crippen LogP contribution in [-0.4, -0.2) is 24.0 Å². The van der Waals surface area contributed by atoms with Gasteiger partial charge in [-0.05, 0) is 25.0 Å². The summed E-state index contributed by atoms with van der Waals surface area (Å²) in [6.45, 7) is 11.4. The van der Waals surface area contributed by atoms with Gasteiger partial charge in [-0.2, -0.15) is 0 Å². The second-order valence-corrected chi connectivity index (χ2v) is 4.42. The molecule has 0 saturated carbocycles. The van der Waals surface area contributed by atoms with Crippen LogP contribution in [0.15, 0.2) is 18.2 Å². The van der Waals surface area contributed by atoms with Crippen molar-refractivity contribution in [3.05, 3.63) is 29.3 Å². The first-order chi connectivity index (χ1) is 10.1. The maximum Gasteiger partial charge on any atom is 0.0447 e. The van der Waals surface area contributed by atoms with Crippen LogP contribution in [0.1, 0.15) is 58.6 Å². The number of nitrogens with one attached hydrogen (secondary N) is 2. The largest absolute Gasteiger partial charge is 0.396 e. The minimum Gasteiger partial charge on any atom is -0.396 e. The molecular formula is C17H33N3O. The summed E-state index contributed by atoms with van der Waals surface area (Å²) in [6.07, 6.45) is 1.95. The molecule has 0 amide bonds. The number of nitrogens with two attached hydrogens (primary N) is 1. The van der Waals surface area contributed by atoms with E-state index in [0.717, 1.165) is 16.8 Å². The van der Waals surface area contributed by atoms with Crippen LogP contribution in [0.4, 0.5) is 5.69 Å². The van der Waals surface area contributed by atoms with Crippen LogP contribution in [0.3, 0.4) is 0 Å². The molecule has 0 unspecified atom stereocenters. The van der Waals surface area contributed by atoms with E-state index in [4.69, 9.17) is 16.2 Å². The van der Waals surface area contributed by atoms with E-state index < -0.39 is 0 Å². The number of hydrogen-bond acceptors (Lipinski definition) is 4. The van der Waals surface area contributed by atoms with E-state index in [-0.39, 0.29) is 6.61 Å². The number of anilines is 1. The lowest BCUT2D eigenvalue weighted by molar-refractivity contribution is 0.292. The Balaban J connectivity index is 0. The zero-order chi connectivity index (χ0) is 16.7. The van der Waals surface area contributed by atoms with Crippen molar-refractivity contribution in [2.24, 2.45) is 5.73 Å². The predicted molar refractivity (Wildman–Crippen MR) is 94.3 cm³/mol. The first-order valence-corrected chi connectivity index (χ1v) is 7.83. The Labute approximate surface area is 130 Å². The first-order valence-electron chi connectivity index (χ1n) is 7.83. The number of aliphatic hydroxyl groups is 1. The van der Waals surface area contributed by atoms with E-state index in [1.54, 1.807) is 6.92 Å². The van der Waals surface area contributed by atoms with Crippen molar-refractivity contribution in [3.8, 4) is 0 Å². The second kappa shape index (κ2) is 15.0. The van der Waals surface area contributed by atoms with Crippen LogP contribution in [0.5, 0.6) is 0 Å². The summed E-state index contributed by atoms with van der Waals surface area (Å²) in [5.74, 6) is 0. The van der Waals surface area contributed by atoms with Crippen LogP contribution in [0, 0.1) is 5.41 Å². The smallest absolute Gasteiger partial charge is 0.0447 e. The zero-order valence-electron chi connectivity index (χ0n) is 14.3. The van der Waals surface area contributed by atoms with Crippen molar-refractivity contribution >= 4 is 11.4 Å². The fourth-order valence-electron chi connectivity index (χ4n) is 1.49. The number of benzene rings is 1. The Morgan fingerprint density at radius 2 is 1.86 bits per heavy atom. The molecule has 0 bridgehead atoms. The highest BCUT2D eigenvalue weighted by atomic mass is 16.3. The average Bonchev–Trinajstić information content (AvgIpc) is 2.50. The molecule has 0 atom stereocenters. The van der Waals surface area contributed by atoms with Crippen LogP contribution in [0.2, 0.25) is 0 Å². The van der Waals surface area contributed by atoms with Gasteiger partial charge in [-0.25, -0.2) is 0 Å². The highest BCUT2D eigenvalue weighted by molar-refractivity contribution is 6.01. The molecule has 0 radical (unpaired) electrons. The normalized spacial score (nSPS) is 8.90. The molecule has 4 nitrogen and oxygen atoms in total. The minimum absolute atomic E-state index is 0.169. The van der Waals surface area contributed by atoms with Gasteiger partial charge in [0.25, 0.3) is 0 Å².